The highest BCUT2D eigenvalue weighted by atomic mass is 35.5. The quantitative estimate of drug-likeness (QED) is 0.501. The van der Waals surface area contributed by atoms with Gasteiger partial charge in [-0.1, -0.05) is 41.4 Å². The number of hydrazone groups is 1. The van der Waals surface area contributed by atoms with Gasteiger partial charge in [-0.2, -0.15) is 5.10 Å². The van der Waals surface area contributed by atoms with Crippen molar-refractivity contribution < 1.29 is 4.79 Å². The van der Waals surface area contributed by atoms with Gasteiger partial charge in [0.2, 0.25) is 0 Å². The number of nitrogens with zero attached hydrogens (tertiary/aromatic N) is 3. The van der Waals surface area contributed by atoms with Crippen LogP contribution in [0.15, 0.2) is 47.6 Å². The van der Waals surface area contributed by atoms with Crippen LogP contribution in [0.25, 0.3) is 10.9 Å². The summed E-state index contributed by atoms with van der Waals surface area (Å²) in [7, 11) is 0. The Hall–Kier alpha value is -2.63. The molecule has 1 aliphatic heterocycles. The maximum absolute atomic E-state index is 12.6. The lowest BCUT2D eigenvalue weighted by Gasteiger charge is -2.39. The number of halogens is 1. The Morgan fingerprint density at radius 1 is 1.27 bits per heavy atom. The molecular weight excluding hydrogens is 396 g/mol. The van der Waals surface area contributed by atoms with Crippen LogP contribution in [0.5, 0.6) is 0 Å². The molecule has 0 spiro atoms. The lowest BCUT2D eigenvalue weighted by atomic mass is 9.89. The SMILES string of the molecule is Cc1ccc2c(c1)c1c3n2CCN(CC(=O)N/N=C\c2ccccc2Cl)[C@@H]3CCC1. The minimum absolute atomic E-state index is 0.0918. The smallest absolute Gasteiger partial charge is 0.254 e. The second kappa shape index (κ2) is 7.89. The molecule has 1 N–H and O–H groups in total. The summed E-state index contributed by atoms with van der Waals surface area (Å²) in [4.78, 5) is 14.9. The Morgan fingerprint density at radius 2 is 2.13 bits per heavy atom. The van der Waals surface area contributed by atoms with Crippen molar-refractivity contribution in [3.05, 3.63) is 69.9 Å². The molecule has 0 unspecified atom stereocenters. The van der Waals surface area contributed by atoms with Gasteiger partial charge < -0.3 is 4.57 Å². The van der Waals surface area contributed by atoms with E-state index in [0.29, 0.717) is 17.6 Å². The Balaban J connectivity index is 1.33. The number of aryl methyl sites for hydroxylation is 2. The Bertz CT molecular complexity index is 1150. The summed E-state index contributed by atoms with van der Waals surface area (Å²) in [6.45, 7) is 4.30. The fraction of sp³-hybridized carbons (Fsp3) is 0.333. The molecule has 5 nitrogen and oxygen atoms in total. The number of nitrogens with one attached hydrogen (secondary N) is 1. The molecule has 1 aromatic heterocycles. The van der Waals surface area contributed by atoms with Crippen LogP contribution in [0.3, 0.4) is 0 Å². The molecule has 6 heteroatoms. The number of aromatic nitrogens is 1. The monoisotopic (exact) mass is 420 g/mol. The van der Waals surface area contributed by atoms with E-state index in [1.807, 2.05) is 18.2 Å². The van der Waals surface area contributed by atoms with Gasteiger partial charge in [0.25, 0.3) is 5.91 Å². The topological polar surface area (TPSA) is 49.6 Å². The van der Waals surface area contributed by atoms with Crippen molar-refractivity contribution in [2.75, 3.05) is 13.1 Å². The fourth-order valence-electron chi connectivity index (χ4n) is 4.95. The standard InChI is InChI=1S/C24H25ClN4O/c1-16-9-10-21-19(13-16)18-6-4-8-22-24(18)29(21)12-11-28(22)15-23(30)27-26-14-17-5-2-3-7-20(17)25/h2-3,5,7,9-10,13-14,22H,4,6,8,11-12,15H2,1H3,(H,27,30)/b26-14-/t22-/m1/s1. The third-order valence-corrected chi connectivity index (χ3v) is 6.63. The molecule has 1 atom stereocenters. The van der Waals surface area contributed by atoms with E-state index in [9.17, 15) is 4.79 Å². The Labute approximate surface area is 181 Å². The van der Waals surface area contributed by atoms with Crippen molar-refractivity contribution in [3.63, 3.8) is 0 Å². The highest BCUT2D eigenvalue weighted by Gasteiger charge is 2.35. The first-order valence-corrected chi connectivity index (χ1v) is 10.9. The first kappa shape index (κ1) is 19.3. The van der Waals surface area contributed by atoms with Gasteiger partial charge in [0.1, 0.15) is 0 Å². The molecule has 1 amide bonds. The first-order valence-electron chi connectivity index (χ1n) is 10.5. The van der Waals surface area contributed by atoms with Gasteiger partial charge in [-0.3, -0.25) is 9.69 Å². The molecule has 0 saturated heterocycles. The number of benzene rings is 2. The summed E-state index contributed by atoms with van der Waals surface area (Å²) in [6, 6.07) is 14.5. The number of hydrogen-bond donors (Lipinski definition) is 1. The van der Waals surface area contributed by atoms with Crippen LogP contribution in [-0.4, -0.2) is 34.7 Å². The molecule has 2 aliphatic rings. The molecule has 0 fully saturated rings. The number of fused-ring (bicyclic) bond motifs is 3. The van der Waals surface area contributed by atoms with E-state index < -0.39 is 0 Å². The fourth-order valence-corrected chi connectivity index (χ4v) is 5.14. The van der Waals surface area contributed by atoms with E-state index in [-0.39, 0.29) is 5.91 Å². The van der Waals surface area contributed by atoms with Crippen molar-refractivity contribution >= 4 is 34.6 Å². The van der Waals surface area contributed by atoms with Crippen LogP contribution in [0.4, 0.5) is 0 Å². The van der Waals surface area contributed by atoms with Gasteiger partial charge in [0, 0.05) is 40.3 Å². The summed E-state index contributed by atoms with van der Waals surface area (Å²) < 4.78 is 2.48. The third-order valence-electron chi connectivity index (χ3n) is 6.28. The van der Waals surface area contributed by atoms with E-state index in [0.717, 1.165) is 37.9 Å². The maximum Gasteiger partial charge on any atom is 0.254 e. The molecular formula is C24H25ClN4O. The third kappa shape index (κ3) is 3.42. The zero-order valence-corrected chi connectivity index (χ0v) is 17.8. The van der Waals surface area contributed by atoms with Crippen molar-refractivity contribution in [1.29, 1.82) is 0 Å². The van der Waals surface area contributed by atoms with E-state index in [1.54, 1.807) is 12.3 Å². The van der Waals surface area contributed by atoms with Gasteiger partial charge in [0.15, 0.2) is 0 Å². The van der Waals surface area contributed by atoms with E-state index in [2.05, 4.69) is 45.1 Å². The molecule has 154 valence electrons. The summed E-state index contributed by atoms with van der Waals surface area (Å²) in [5.74, 6) is -0.0918. The number of carbonyl (C=O) groups is 1. The van der Waals surface area contributed by atoms with E-state index in [4.69, 9.17) is 11.6 Å². The molecule has 0 saturated carbocycles. The molecule has 0 bridgehead atoms. The van der Waals surface area contributed by atoms with Crippen LogP contribution in [0, 0.1) is 6.92 Å². The van der Waals surface area contributed by atoms with Crippen LogP contribution in [0.2, 0.25) is 5.02 Å². The molecule has 30 heavy (non-hydrogen) atoms. The second-order valence-corrected chi connectivity index (χ2v) is 8.64. The van der Waals surface area contributed by atoms with E-state index in [1.165, 1.54) is 27.7 Å². The number of carbonyl (C=O) groups excluding carboxylic acids is 1. The van der Waals surface area contributed by atoms with Gasteiger partial charge in [-0.15, -0.1) is 0 Å². The van der Waals surface area contributed by atoms with Crippen molar-refractivity contribution in [1.82, 2.24) is 14.9 Å². The predicted molar refractivity (Wildman–Crippen MR) is 121 cm³/mol. The normalized spacial score (nSPS) is 18.7. The molecule has 3 aromatic rings. The van der Waals surface area contributed by atoms with Gasteiger partial charge in [-0.25, -0.2) is 5.43 Å². The van der Waals surface area contributed by atoms with E-state index >= 15 is 0 Å². The molecule has 0 radical (unpaired) electrons. The lowest BCUT2D eigenvalue weighted by Crippen LogP contribution is -2.44. The second-order valence-electron chi connectivity index (χ2n) is 8.23. The highest BCUT2D eigenvalue weighted by molar-refractivity contribution is 6.33. The molecule has 2 heterocycles. The summed E-state index contributed by atoms with van der Waals surface area (Å²) in [6.07, 6.45) is 4.97. The molecule has 2 aromatic carbocycles. The largest absolute Gasteiger partial charge is 0.342 e. The van der Waals surface area contributed by atoms with Crippen LogP contribution < -0.4 is 5.43 Å². The first-order chi connectivity index (χ1) is 14.6. The Morgan fingerprint density at radius 3 is 3.00 bits per heavy atom. The lowest BCUT2D eigenvalue weighted by molar-refractivity contribution is -0.123. The summed E-state index contributed by atoms with van der Waals surface area (Å²) >= 11 is 6.13. The zero-order valence-electron chi connectivity index (χ0n) is 17.1. The Kier molecular flexibility index (Phi) is 5.09. The van der Waals surface area contributed by atoms with Crippen molar-refractivity contribution in [2.24, 2.45) is 5.10 Å². The maximum atomic E-state index is 12.6. The van der Waals surface area contributed by atoms with Gasteiger partial charge in [-0.05, 0) is 49.9 Å². The average molecular weight is 421 g/mol. The highest BCUT2D eigenvalue weighted by Crippen LogP contribution is 2.42. The van der Waals surface area contributed by atoms with Crippen LogP contribution in [-0.2, 0) is 17.8 Å². The minimum Gasteiger partial charge on any atom is -0.342 e. The van der Waals surface area contributed by atoms with Gasteiger partial charge in [0.05, 0.1) is 18.8 Å². The molecule has 1 aliphatic carbocycles. The number of hydrogen-bond acceptors (Lipinski definition) is 3. The number of rotatable bonds is 4. The van der Waals surface area contributed by atoms with Crippen molar-refractivity contribution in [2.45, 2.75) is 38.8 Å². The number of amides is 1. The van der Waals surface area contributed by atoms with Crippen LogP contribution >= 0.6 is 11.6 Å². The zero-order chi connectivity index (χ0) is 20.7. The summed E-state index contributed by atoms with van der Waals surface area (Å²) in [5, 5.41) is 6.11. The van der Waals surface area contributed by atoms with Crippen molar-refractivity contribution in [3.8, 4) is 0 Å². The summed E-state index contributed by atoms with van der Waals surface area (Å²) in [5.41, 5.74) is 8.99. The average Bonchev–Trinajstić information content (AvgIpc) is 3.06. The van der Waals surface area contributed by atoms with Crippen LogP contribution in [0.1, 0.15) is 41.3 Å². The van der Waals surface area contributed by atoms with Gasteiger partial charge >= 0.3 is 0 Å². The molecule has 5 rings (SSSR count). The predicted octanol–water partition coefficient (Wildman–Crippen LogP) is 4.45. The minimum atomic E-state index is -0.0918.